The van der Waals surface area contributed by atoms with Crippen molar-refractivity contribution in [2.75, 3.05) is 13.6 Å². The van der Waals surface area contributed by atoms with Gasteiger partial charge in [0.2, 0.25) is 17.7 Å². The predicted octanol–water partition coefficient (Wildman–Crippen LogP) is 5.18. The van der Waals surface area contributed by atoms with Gasteiger partial charge in [0.05, 0.1) is 6.10 Å². The molecule has 4 aliphatic carbocycles. The van der Waals surface area contributed by atoms with Crippen molar-refractivity contribution in [1.82, 2.24) is 20.1 Å². The van der Waals surface area contributed by atoms with Gasteiger partial charge in [-0.25, -0.2) is 0 Å². The molecule has 8 nitrogen and oxygen atoms in total. The fourth-order valence-corrected chi connectivity index (χ4v) is 9.89. The third-order valence-corrected chi connectivity index (χ3v) is 11.8. The number of nitrogens with zero attached hydrogens (tertiary/aromatic N) is 2. The zero-order valence-electron chi connectivity index (χ0n) is 25.9. The van der Waals surface area contributed by atoms with Crippen LogP contribution < -0.4 is 5.32 Å². The summed E-state index contributed by atoms with van der Waals surface area (Å²) in [5.74, 6) is 1.58. The van der Waals surface area contributed by atoms with Crippen LogP contribution in [0.4, 0.5) is 0 Å². The van der Waals surface area contributed by atoms with E-state index in [2.05, 4.69) is 26.2 Å². The lowest BCUT2D eigenvalue weighted by atomic mass is 9.49. The van der Waals surface area contributed by atoms with Crippen LogP contribution in [-0.2, 0) is 27.3 Å². The zero-order valence-corrected chi connectivity index (χ0v) is 27.5. The van der Waals surface area contributed by atoms with Crippen LogP contribution in [0.2, 0.25) is 0 Å². The van der Waals surface area contributed by atoms with Gasteiger partial charge in [0.1, 0.15) is 12.1 Å². The number of para-hydroxylation sites is 1. The summed E-state index contributed by atoms with van der Waals surface area (Å²) in [6.07, 6.45) is 9.33. The second-order valence-corrected chi connectivity index (χ2v) is 15.3. The molecule has 2 aromatic carbocycles. The van der Waals surface area contributed by atoms with Crippen LogP contribution in [0.1, 0.15) is 62.5 Å². The number of rotatable bonds is 9. The number of hydrogen-bond donors (Lipinski definition) is 3. The summed E-state index contributed by atoms with van der Waals surface area (Å²) in [4.78, 5) is 48.5. The Balaban J connectivity index is 1.10. The van der Waals surface area contributed by atoms with Gasteiger partial charge in [0.25, 0.3) is 0 Å². The maximum Gasteiger partial charge on any atom is 0.245 e. The van der Waals surface area contributed by atoms with E-state index >= 15 is 0 Å². The van der Waals surface area contributed by atoms with Gasteiger partial charge in [-0.15, -0.1) is 0 Å². The van der Waals surface area contributed by atoms with Crippen LogP contribution in [0.25, 0.3) is 10.9 Å². The molecule has 5 aliphatic rings. The number of amides is 3. The fourth-order valence-electron chi connectivity index (χ4n) is 9.48. The number of halogens is 1. The summed E-state index contributed by atoms with van der Waals surface area (Å²) in [5, 5.41) is 14.7. The van der Waals surface area contributed by atoms with Crippen molar-refractivity contribution < 1.29 is 19.5 Å². The predicted molar refractivity (Wildman–Crippen MR) is 176 cm³/mol. The van der Waals surface area contributed by atoms with Gasteiger partial charge in [-0.2, -0.15) is 0 Å². The summed E-state index contributed by atoms with van der Waals surface area (Å²) >= 11 is 3.58. The number of aromatic nitrogens is 1. The highest BCUT2D eigenvalue weighted by Gasteiger charge is 2.52. The Labute approximate surface area is 273 Å². The average molecular weight is 676 g/mol. The number of likely N-dealkylation sites (N-methyl/N-ethyl adjacent to an activating group) is 1. The number of likely N-dealkylation sites (tertiary alicyclic amines) is 1. The largest absolute Gasteiger partial charge is 0.391 e. The molecule has 3 amide bonds. The Morgan fingerprint density at radius 1 is 1.00 bits per heavy atom. The highest BCUT2D eigenvalue weighted by atomic mass is 79.9. The van der Waals surface area contributed by atoms with Gasteiger partial charge >= 0.3 is 0 Å². The minimum atomic E-state index is -0.845. The highest BCUT2D eigenvalue weighted by Crippen LogP contribution is 2.61. The molecule has 1 saturated heterocycles. The van der Waals surface area contributed by atoms with E-state index in [-0.39, 0.29) is 36.1 Å². The number of aliphatic hydroxyl groups excluding tert-OH is 1. The lowest BCUT2D eigenvalue weighted by molar-refractivity contribution is -0.145. The molecule has 9 heteroatoms. The number of fused-ring (bicyclic) bond motifs is 1. The number of aromatic amines is 1. The van der Waals surface area contributed by atoms with Gasteiger partial charge < -0.3 is 25.2 Å². The molecule has 3 N–H and O–H groups in total. The smallest absolute Gasteiger partial charge is 0.245 e. The molecular formula is C36H43BrN4O4. The van der Waals surface area contributed by atoms with E-state index in [9.17, 15) is 19.5 Å². The Morgan fingerprint density at radius 3 is 2.38 bits per heavy atom. The van der Waals surface area contributed by atoms with Gasteiger partial charge in [0, 0.05) is 61.0 Å². The molecule has 1 aliphatic heterocycles. The number of carbonyl (C=O) groups excluding carboxylic acids is 3. The number of hydrogen-bond acceptors (Lipinski definition) is 4. The standard InChI is InChI=1S/C36H43BrN4O4/c1-40(20-25-6-2-4-8-29(25)37)35(45)31(13-26-19-38-30-9-5-3-7-28(26)30)39-34(44)32-14-27(42)21-41(32)33(43)18-36-15-22-10-23(16-36)12-24(11-22)17-36/h2-9,19,22-24,27,31-32,38,42H,10-18,20-21H2,1H3,(H,39,44). The molecule has 1 aromatic heterocycles. The Hall–Kier alpha value is -3.17. The lowest BCUT2D eigenvalue weighted by Gasteiger charge is -2.57. The summed E-state index contributed by atoms with van der Waals surface area (Å²) in [7, 11) is 1.75. The lowest BCUT2D eigenvalue weighted by Crippen LogP contribution is -2.55. The van der Waals surface area contributed by atoms with E-state index in [1.165, 1.54) is 19.3 Å². The van der Waals surface area contributed by atoms with Crippen molar-refractivity contribution in [1.29, 1.82) is 0 Å². The summed E-state index contributed by atoms with van der Waals surface area (Å²) in [6, 6.07) is 14.0. The second kappa shape index (κ2) is 12.2. The first-order valence-electron chi connectivity index (χ1n) is 16.5. The van der Waals surface area contributed by atoms with Crippen molar-refractivity contribution in [2.24, 2.45) is 23.2 Å². The number of carbonyl (C=O) groups is 3. The third-order valence-electron chi connectivity index (χ3n) is 11.0. The van der Waals surface area contributed by atoms with Crippen LogP contribution >= 0.6 is 15.9 Å². The molecule has 3 unspecified atom stereocenters. The first-order chi connectivity index (χ1) is 21.7. The molecule has 0 radical (unpaired) electrons. The molecule has 238 valence electrons. The molecule has 2 heterocycles. The molecule has 3 aromatic rings. The molecule has 5 fully saturated rings. The number of H-pyrrole nitrogens is 1. The first kappa shape index (κ1) is 30.5. The summed E-state index contributed by atoms with van der Waals surface area (Å²) < 4.78 is 0.912. The monoisotopic (exact) mass is 674 g/mol. The van der Waals surface area contributed by atoms with Crippen LogP contribution in [0.3, 0.4) is 0 Å². The number of benzene rings is 2. The summed E-state index contributed by atoms with van der Waals surface area (Å²) in [6.45, 7) is 0.532. The van der Waals surface area contributed by atoms with Crippen molar-refractivity contribution >= 4 is 44.6 Å². The van der Waals surface area contributed by atoms with E-state index in [1.54, 1.807) is 16.8 Å². The molecular weight excluding hydrogens is 632 g/mol. The first-order valence-corrected chi connectivity index (χ1v) is 17.3. The maximum atomic E-state index is 14.0. The van der Waals surface area contributed by atoms with Gasteiger partial charge in [-0.3, -0.25) is 14.4 Å². The van der Waals surface area contributed by atoms with Crippen LogP contribution in [0.15, 0.2) is 59.2 Å². The van der Waals surface area contributed by atoms with Crippen LogP contribution in [0.5, 0.6) is 0 Å². The fraction of sp³-hybridized carbons (Fsp3) is 0.528. The van der Waals surface area contributed by atoms with E-state index in [4.69, 9.17) is 0 Å². The van der Waals surface area contributed by atoms with Crippen molar-refractivity contribution in [2.45, 2.75) is 82.5 Å². The van der Waals surface area contributed by atoms with Gasteiger partial charge in [-0.1, -0.05) is 52.3 Å². The Morgan fingerprint density at radius 2 is 1.67 bits per heavy atom. The third kappa shape index (κ3) is 6.18. The van der Waals surface area contributed by atoms with E-state index < -0.39 is 18.2 Å². The minimum absolute atomic E-state index is 0.0285. The molecule has 4 saturated carbocycles. The zero-order chi connectivity index (χ0) is 31.3. The topological polar surface area (TPSA) is 106 Å². The normalized spacial score (nSPS) is 29.2. The molecule has 4 bridgehead atoms. The van der Waals surface area contributed by atoms with Gasteiger partial charge in [0.15, 0.2) is 0 Å². The number of β-amino-alcohol motifs (C(OH)–C–C–N with tert-alkyl or cyclic N) is 1. The second-order valence-electron chi connectivity index (χ2n) is 14.5. The summed E-state index contributed by atoms with van der Waals surface area (Å²) in [5.41, 5.74) is 2.90. The average Bonchev–Trinajstić information content (AvgIpc) is 3.60. The molecule has 0 spiro atoms. The van der Waals surface area contributed by atoms with Crippen molar-refractivity contribution in [3.8, 4) is 0 Å². The SMILES string of the molecule is CN(Cc1ccccc1Br)C(=O)C(Cc1c[nH]c2ccccc12)NC(=O)C1CC(O)CN1C(=O)CC12CC3CC(CC(C3)C1)C2. The van der Waals surface area contributed by atoms with Crippen molar-refractivity contribution in [3.05, 3.63) is 70.3 Å². The molecule has 8 rings (SSSR count). The quantitative estimate of drug-likeness (QED) is 0.291. The minimum Gasteiger partial charge on any atom is -0.391 e. The van der Waals surface area contributed by atoms with Crippen LogP contribution in [-0.4, -0.2) is 69.4 Å². The Kier molecular flexibility index (Phi) is 8.27. The van der Waals surface area contributed by atoms with E-state index in [0.717, 1.165) is 63.5 Å². The van der Waals surface area contributed by atoms with E-state index in [0.29, 0.717) is 19.4 Å². The number of aliphatic hydroxyl groups is 1. The van der Waals surface area contributed by atoms with Gasteiger partial charge in [-0.05, 0) is 85.0 Å². The van der Waals surface area contributed by atoms with E-state index in [1.807, 2.05) is 54.7 Å². The molecule has 3 atom stereocenters. The highest BCUT2D eigenvalue weighted by molar-refractivity contribution is 9.10. The Bertz CT molecular complexity index is 1570. The van der Waals surface area contributed by atoms with Crippen LogP contribution in [0, 0.1) is 23.2 Å². The maximum absolute atomic E-state index is 14.0. The molecule has 45 heavy (non-hydrogen) atoms. The number of nitrogens with one attached hydrogen (secondary N) is 2. The van der Waals surface area contributed by atoms with Crippen molar-refractivity contribution in [3.63, 3.8) is 0 Å².